The van der Waals surface area contributed by atoms with Gasteiger partial charge in [0, 0.05) is 42.6 Å². The van der Waals surface area contributed by atoms with Crippen molar-refractivity contribution in [2.75, 3.05) is 19.4 Å². The molecule has 24 heavy (non-hydrogen) atoms. The molecular weight excluding hydrogens is 322 g/mol. The van der Waals surface area contributed by atoms with Gasteiger partial charge in [-0.15, -0.1) is 11.8 Å². The van der Waals surface area contributed by atoms with Crippen molar-refractivity contribution in [3.05, 3.63) is 60.4 Å². The number of carbonyl (C=O) groups excluding carboxylic acids is 1. The van der Waals surface area contributed by atoms with Crippen LogP contribution in [0.3, 0.4) is 0 Å². The number of pyridine rings is 1. The molecule has 1 amide bonds. The molecule has 3 rings (SSSR count). The molecule has 0 bridgehead atoms. The summed E-state index contributed by atoms with van der Waals surface area (Å²) in [5.74, 6) is 0.917. The first kappa shape index (κ1) is 17.0. The van der Waals surface area contributed by atoms with Gasteiger partial charge in [-0.1, -0.05) is 18.2 Å². The van der Waals surface area contributed by atoms with Crippen LogP contribution >= 0.6 is 11.8 Å². The number of hydrogen-bond acceptors (Lipinski definition) is 5. The molecular formula is C18H21N3O2S. The number of nitrogens with one attached hydrogen (secondary N) is 1. The van der Waals surface area contributed by atoms with Crippen molar-refractivity contribution < 1.29 is 9.53 Å². The van der Waals surface area contributed by atoms with Gasteiger partial charge in [-0.3, -0.25) is 15.1 Å². The number of amides is 1. The van der Waals surface area contributed by atoms with Gasteiger partial charge in [0.2, 0.25) is 5.91 Å². The summed E-state index contributed by atoms with van der Waals surface area (Å²) in [5, 5.41) is 3.39. The lowest BCUT2D eigenvalue weighted by molar-refractivity contribution is -0.155. The van der Waals surface area contributed by atoms with Gasteiger partial charge in [0.15, 0.2) is 6.35 Å². The minimum absolute atomic E-state index is 0.0384. The van der Waals surface area contributed by atoms with E-state index in [1.807, 2.05) is 30.3 Å². The monoisotopic (exact) mass is 343 g/mol. The van der Waals surface area contributed by atoms with Crippen molar-refractivity contribution in [3.63, 3.8) is 0 Å². The lowest BCUT2D eigenvalue weighted by Crippen LogP contribution is -2.55. The van der Waals surface area contributed by atoms with E-state index in [1.54, 1.807) is 36.1 Å². The second-order valence-corrected chi connectivity index (χ2v) is 6.76. The van der Waals surface area contributed by atoms with E-state index in [-0.39, 0.29) is 11.9 Å². The lowest BCUT2D eigenvalue weighted by Gasteiger charge is -2.37. The standard InChI is InChI=1S/C18H21N3O2S/c1-21-17(22)13-16(14-7-9-19-10-8-14)20-18(21)23-11-12-24-15-5-3-2-4-6-15/h2-10,16,18,20H,11-13H2,1H3. The fourth-order valence-electron chi connectivity index (χ4n) is 2.60. The van der Waals surface area contributed by atoms with Crippen LogP contribution in [0.4, 0.5) is 0 Å². The predicted octanol–water partition coefficient (Wildman–Crippen LogP) is 2.67. The second-order valence-electron chi connectivity index (χ2n) is 5.59. The number of thioether (sulfide) groups is 1. The molecule has 2 heterocycles. The average Bonchev–Trinajstić information content (AvgIpc) is 2.63. The number of carbonyl (C=O) groups is 1. The molecule has 1 N–H and O–H groups in total. The van der Waals surface area contributed by atoms with Crippen LogP contribution in [0.5, 0.6) is 0 Å². The molecule has 1 aromatic carbocycles. The summed E-state index contributed by atoms with van der Waals surface area (Å²) in [5.41, 5.74) is 1.05. The van der Waals surface area contributed by atoms with E-state index in [0.29, 0.717) is 13.0 Å². The Morgan fingerprint density at radius 2 is 2.00 bits per heavy atom. The number of benzene rings is 1. The van der Waals surface area contributed by atoms with E-state index >= 15 is 0 Å². The zero-order valence-electron chi connectivity index (χ0n) is 13.6. The fraction of sp³-hybridized carbons (Fsp3) is 0.333. The van der Waals surface area contributed by atoms with Crippen molar-refractivity contribution in [3.8, 4) is 0 Å². The summed E-state index contributed by atoms with van der Waals surface area (Å²) in [7, 11) is 1.77. The zero-order chi connectivity index (χ0) is 16.8. The summed E-state index contributed by atoms with van der Waals surface area (Å²) >= 11 is 1.74. The van der Waals surface area contributed by atoms with E-state index < -0.39 is 6.35 Å². The topological polar surface area (TPSA) is 54.5 Å². The third-order valence-corrected chi connectivity index (χ3v) is 4.92. The van der Waals surface area contributed by atoms with E-state index in [2.05, 4.69) is 22.4 Å². The van der Waals surface area contributed by atoms with Gasteiger partial charge >= 0.3 is 0 Å². The Balaban J connectivity index is 1.52. The van der Waals surface area contributed by atoms with Crippen molar-refractivity contribution in [1.82, 2.24) is 15.2 Å². The Morgan fingerprint density at radius 3 is 2.75 bits per heavy atom. The average molecular weight is 343 g/mol. The first-order chi connectivity index (χ1) is 11.7. The maximum atomic E-state index is 12.2. The molecule has 5 nitrogen and oxygen atoms in total. The summed E-state index contributed by atoms with van der Waals surface area (Å²) in [6, 6.07) is 14.0. The van der Waals surface area contributed by atoms with Crippen molar-refractivity contribution >= 4 is 17.7 Å². The Labute approximate surface area is 146 Å². The van der Waals surface area contributed by atoms with Gasteiger partial charge < -0.3 is 9.64 Å². The summed E-state index contributed by atoms with van der Waals surface area (Å²) in [4.78, 5) is 19.1. The fourth-order valence-corrected chi connectivity index (χ4v) is 3.36. The van der Waals surface area contributed by atoms with Crippen LogP contribution in [0.25, 0.3) is 0 Å². The highest BCUT2D eigenvalue weighted by atomic mass is 32.2. The van der Waals surface area contributed by atoms with Gasteiger partial charge in [0.1, 0.15) is 0 Å². The minimum Gasteiger partial charge on any atom is -0.344 e. The first-order valence-electron chi connectivity index (χ1n) is 7.95. The Bertz CT molecular complexity index is 654. The largest absolute Gasteiger partial charge is 0.344 e. The number of aromatic nitrogens is 1. The molecule has 0 aliphatic carbocycles. The lowest BCUT2D eigenvalue weighted by atomic mass is 10.0. The van der Waals surface area contributed by atoms with Crippen LogP contribution in [0.1, 0.15) is 18.0 Å². The summed E-state index contributed by atoms with van der Waals surface area (Å²) in [6.45, 7) is 0.567. The Kier molecular flexibility index (Phi) is 5.85. The molecule has 0 radical (unpaired) electrons. The molecule has 1 saturated heterocycles. The molecule has 2 aromatic rings. The SMILES string of the molecule is CN1C(=O)CC(c2ccncc2)NC1OCCSc1ccccc1. The van der Waals surface area contributed by atoms with E-state index in [4.69, 9.17) is 4.74 Å². The van der Waals surface area contributed by atoms with E-state index in [0.717, 1.165) is 11.3 Å². The Hall–Kier alpha value is -1.89. The molecule has 0 spiro atoms. The molecule has 1 fully saturated rings. The predicted molar refractivity (Wildman–Crippen MR) is 94.4 cm³/mol. The van der Waals surface area contributed by atoms with Crippen molar-refractivity contribution in [1.29, 1.82) is 0 Å². The molecule has 0 saturated carbocycles. The molecule has 6 heteroatoms. The van der Waals surface area contributed by atoms with Crippen molar-refractivity contribution in [2.45, 2.75) is 23.7 Å². The number of hydrogen-bond donors (Lipinski definition) is 1. The van der Waals surface area contributed by atoms with Gasteiger partial charge in [0.05, 0.1) is 6.61 Å². The van der Waals surface area contributed by atoms with Gasteiger partial charge in [-0.05, 0) is 29.8 Å². The van der Waals surface area contributed by atoms with Gasteiger partial charge in [0.25, 0.3) is 0 Å². The molecule has 1 aliphatic rings. The first-order valence-corrected chi connectivity index (χ1v) is 8.93. The quantitative estimate of drug-likeness (QED) is 0.645. The third-order valence-electron chi connectivity index (χ3n) is 3.95. The summed E-state index contributed by atoms with van der Waals surface area (Å²) < 4.78 is 5.90. The van der Waals surface area contributed by atoms with Crippen LogP contribution in [-0.2, 0) is 9.53 Å². The van der Waals surface area contributed by atoms with E-state index in [9.17, 15) is 4.79 Å². The zero-order valence-corrected chi connectivity index (χ0v) is 14.4. The smallest absolute Gasteiger partial charge is 0.227 e. The molecule has 2 unspecified atom stereocenters. The number of nitrogens with zero attached hydrogens (tertiary/aromatic N) is 2. The Morgan fingerprint density at radius 1 is 1.25 bits per heavy atom. The molecule has 1 aliphatic heterocycles. The number of ether oxygens (including phenoxy) is 1. The molecule has 126 valence electrons. The van der Waals surface area contributed by atoms with Crippen LogP contribution in [0, 0.1) is 0 Å². The van der Waals surface area contributed by atoms with Crippen LogP contribution < -0.4 is 5.32 Å². The highest BCUT2D eigenvalue weighted by Crippen LogP contribution is 2.23. The van der Waals surface area contributed by atoms with Crippen molar-refractivity contribution in [2.24, 2.45) is 0 Å². The maximum absolute atomic E-state index is 12.2. The maximum Gasteiger partial charge on any atom is 0.227 e. The molecule has 2 atom stereocenters. The highest BCUT2D eigenvalue weighted by Gasteiger charge is 2.31. The van der Waals surface area contributed by atoms with Gasteiger partial charge in [-0.2, -0.15) is 0 Å². The molecule has 1 aromatic heterocycles. The summed E-state index contributed by atoms with van der Waals surface area (Å²) in [6.07, 6.45) is 3.51. The van der Waals surface area contributed by atoms with E-state index in [1.165, 1.54) is 4.90 Å². The van der Waals surface area contributed by atoms with Crippen LogP contribution in [-0.4, -0.2) is 41.6 Å². The highest BCUT2D eigenvalue weighted by molar-refractivity contribution is 7.99. The van der Waals surface area contributed by atoms with Crippen LogP contribution in [0.2, 0.25) is 0 Å². The third kappa shape index (κ3) is 4.35. The second kappa shape index (κ2) is 8.28. The van der Waals surface area contributed by atoms with Crippen LogP contribution in [0.15, 0.2) is 59.8 Å². The minimum atomic E-state index is -0.402. The van der Waals surface area contributed by atoms with Gasteiger partial charge in [-0.25, -0.2) is 0 Å². The number of rotatable bonds is 6. The normalized spacial score (nSPS) is 21.0.